The first-order valence-corrected chi connectivity index (χ1v) is 9.86. The number of rotatable bonds is 11. The lowest BCUT2D eigenvalue weighted by atomic mass is 10.1. The number of nitro groups is 1. The van der Waals surface area contributed by atoms with Gasteiger partial charge in [0.2, 0.25) is 5.91 Å². The van der Waals surface area contributed by atoms with Crippen molar-refractivity contribution in [2.24, 2.45) is 0 Å². The molecule has 0 aliphatic heterocycles. The van der Waals surface area contributed by atoms with Crippen LogP contribution in [0.15, 0.2) is 12.1 Å². The van der Waals surface area contributed by atoms with E-state index in [2.05, 4.69) is 10.1 Å². The van der Waals surface area contributed by atoms with E-state index in [0.717, 1.165) is 32.1 Å². The van der Waals surface area contributed by atoms with Crippen molar-refractivity contribution < 1.29 is 33.5 Å². The summed E-state index contributed by atoms with van der Waals surface area (Å²) in [6, 6.07) is 1.71. The summed E-state index contributed by atoms with van der Waals surface area (Å²) in [7, 11) is 2.42. The van der Waals surface area contributed by atoms with Crippen molar-refractivity contribution in [3.8, 4) is 11.5 Å². The minimum atomic E-state index is -1.01. The number of hydrogen-bond acceptors (Lipinski definition) is 8. The fourth-order valence-corrected chi connectivity index (χ4v) is 2.75. The highest BCUT2D eigenvalue weighted by Gasteiger charge is 2.33. The predicted octanol–water partition coefficient (Wildman–Crippen LogP) is 2.91. The number of nitrogens with one attached hydrogen (secondary N) is 1. The summed E-state index contributed by atoms with van der Waals surface area (Å²) in [6.45, 7) is 5.13. The number of carbonyl (C=O) groups is 3. The number of imide groups is 1. The summed E-state index contributed by atoms with van der Waals surface area (Å²) >= 11 is 0. The van der Waals surface area contributed by atoms with Gasteiger partial charge in [0.05, 0.1) is 38.4 Å². The van der Waals surface area contributed by atoms with Gasteiger partial charge in [-0.25, -0.2) is 9.69 Å². The Hall–Kier alpha value is -3.37. The SMILES string of the molecule is CCCCOc1cc([N+](=O)[O-])c(C(=O)N(C[C@H](CC)NC(C)=O)C(=O)OC)cc1OC. The van der Waals surface area contributed by atoms with Crippen LogP contribution < -0.4 is 14.8 Å². The number of unbranched alkanes of at least 4 members (excludes halogenated alkanes) is 1. The number of amides is 3. The third kappa shape index (κ3) is 7.12. The molecule has 0 heterocycles. The van der Waals surface area contributed by atoms with E-state index in [-0.39, 0.29) is 29.5 Å². The molecule has 1 aromatic carbocycles. The summed E-state index contributed by atoms with van der Waals surface area (Å²) in [5, 5.41) is 14.3. The normalized spacial score (nSPS) is 11.3. The maximum atomic E-state index is 13.2. The van der Waals surface area contributed by atoms with E-state index >= 15 is 0 Å². The van der Waals surface area contributed by atoms with Crippen LogP contribution in [-0.4, -0.2) is 61.1 Å². The zero-order valence-electron chi connectivity index (χ0n) is 18.4. The van der Waals surface area contributed by atoms with Crippen LogP contribution in [0.25, 0.3) is 0 Å². The molecule has 0 fully saturated rings. The molecule has 0 saturated heterocycles. The quantitative estimate of drug-likeness (QED) is 0.316. The zero-order valence-corrected chi connectivity index (χ0v) is 18.4. The van der Waals surface area contributed by atoms with Crippen LogP contribution in [0.1, 0.15) is 50.4 Å². The topological polar surface area (TPSA) is 137 Å². The van der Waals surface area contributed by atoms with Gasteiger partial charge in [0.1, 0.15) is 5.56 Å². The number of benzene rings is 1. The van der Waals surface area contributed by atoms with Crippen LogP contribution in [0, 0.1) is 10.1 Å². The number of hydrogen-bond donors (Lipinski definition) is 1. The number of carbonyl (C=O) groups excluding carboxylic acids is 3. The molecule has 0 aliphatic carbocycles. The standard InChI is InChI=1S/C20H29N3O8/c1-6-8-9-31-18-11-16(23(27)28)15(10-17(18)29-4)19(25)22(20(26)30-5)12-14(7-2)21-13(3)24/h10-11,14H,6-9,12H2,1-5H3,(H,21,24)/t14-/m0/s1. The van der Waals surface area contributed by atoms with Gasteiger partial charge in [0.15, 0.2) is 11.5 Å². The molecule has 3 amide bonds. The lowest BCUT2D eigenvalue weighted by Gasteiger charge is -2.25. The highest BCUT2D eigenvalue weighted by Crippen LogP contribution is 2.35. The van der Waals surface area contributed by atoms with E-state index in [9.17, 15) is 24.5 Å². The summed E-state index contributed by atoms with van der Waals surface area (Å²) in [4.78, 5) is 48.5. The summed E-state index contributed by atoms with van der Waals surface area (Å²) in [5.41, 5.74) is -0.911. The van der Waals surface area contributed by atoms with Crippen LogP contribution in [0.3, 0.4) is 0 Å². The van der Waals surface area contributed by atoms with Gasteiger partial charge >= 0.3 is 6.09 Å². The molecule has 31 heavy (non-hydrogen) atoms. The average Bonchev–Trinajstić information content (AvgIpc) is 2.74. The van der Waals surface area contributed by atoms with Gasteiger partial charge < -0.3 is 19.5 Å². The van der Waals surface area contributed by atoms with E-state index in [1.165, 1.54) is 14.0 Å². The van der Waals surface area contributed by atoms with Crippen LogP contribution in [0.5, 0.6) is 11.5 Å². The average molecular weight is 439 g/mol. The number of methoxy groups -OCH3 is 2. The Kier molecular flexibility index (Phi) is 10.2. The van der Waals surface area contributed by atoms with Crippen molar-refractivity contribution in [2.45, 2.75) is 46.1 Å². The van der Waals surface area contributed by atoms with Crippen LogP contribution >= 0.6 is 0 Å². The van der Waals surface area contributed by atoms with Crippen molar-refractivity contribution in [3.05, 3.63) is 27.8 Å². The van der Waals surface area contributed by atoms with Crippen LogP contribution in [-0.2, 0) is 9.53 Å². The second-order valence-electron chi connectivity index (χ2n) is 6.67. The minimum absolute atomic E-state index is 0.115. The molecule has 0 aliphatic rings. The molecule has 1 aromatic rings. The Balaban J connectivity index is 3.41. The lowest BCUT2D eigenvalue weighted by molar-refractivity contribution is -0.385. The molecule has 1 N–H and O–H groups in total. The van der Waals surface area contributed by atoms with Gasteiger partial charge in [0, 0.05) is 19.0 Å². The fraction of sp³-hybridized carbons (Fsp3) is 0.550. The molecule has 0 spiro atoms. The first-order chi connectivity index (χ1) is 14.7. The predicted molar refractivity (Wildman–Crippen MR) is 111 cm³/mol. The van der Waals surface area contributed by atoms with Crippen molar-refractivity contribution in [2.75, 3.05) is 27.4 Å². The van der Waals surface area contributed by atoms with Crippen molar-refractivity contribution in [1.29, 1.82) is 0 Å². The third-order valence-electron chi connectivity index (χ3n) is 4.41. The second kappa shape index (κ2) is 12.4. The highest BCUT2D eigenvalue weighted by atomic mass is 16.6. The van der Waals surface area contributed by atoms with Gasteiger partial charge in [-0.15, -0.1) is 0 Å². The van der Waals surface area contributed by atoms with Crippen molar-refractivity contribution >= 4 is 23.6 Å². The van der Waals surface area contributed by atoms with E-state index in [0.29, 0.717) is 17.9 Å². The highest BCUT2D eigenvalue weighted by molar-refractivity contribution is 6.06. The molecule has 11 nitrogen and oxygen atoms in total. The Morgan fingerprint density at radius 2 is 1.87 bits per heavy atom. The Morgan fingerprint density at radius 1 is 1.19 bits per heavy atom. The van der Waals surface area contributed by atoms with Crippen molar-refractivity contribution in [3.63, 3.8) is 0 Å². The minimum Gasteiger partial charge on any atom is -0.493 e. The number of nitrogens with zero attached hydrogens (tertiary/aromatic N) is 2. The largest absolute Gasteiger partial charge is 0.493 e. The number of ether oxygens (including phenoxy) is 3. The van der Waals surface area contributed by atoms with Gasteiger partial charge in [0.25, 0.3) is 11.6 Å². The fourth-order valence-electron chi connectivity index (χ4n) is 2.75. The molecule has 0 radical (unpaired) electrons. The van der Waals surface area contributed by atoms with E-state index in [1.807, 2.05) is 6.92 Å². The van der Waals surface area contributed by atoms with Crippen molar-refractivity contribution in [1.82, 2.24) is 10.2 Å². The maximum absolute atomic E-state index is 13.2. The molecule has 1 rings (SSSR count). The smallest absolute Gasteiger partial charge is 0.416 e. The second-order valence-corrected chi connectivity index (χ2v) is 6.67. The van der Waals surface area contributed by atoms with Gasteiger partial charge in [-0.05, 0) is 12.8 Å². The summed E-state index contributed by atoms with van der Waals surface area (Å²) < 4.78 is 15.5. The maximum Gasteiger partial charge on any atom is 0.416 e. The Morgan fingerprint density at radius 3 is 2.35 bits per heavy atom. The molecular weight excluding hydrogens is 410 g/mol. The molecule has 0 unspecified atom stereocenters. The number of nitro benzene ring substituents is 1. The summed E-state index contributed by atoms with van der Waals surface area (Å²) in [6.07, 6.45) is 0.998. The van der Waals surface area contributed by atoms with E-state index in [4.69, 9.17) is 9.47 Å². The molecule has 0 bridgehead atoms. The lowest BCUT2D eigenvalue weighted by Crippen LogP contribution is -2.47. The van der Waals surface area contributed by atoms with Gasteiger partial charge in [-0.3, -0.25) is 19.7 Å². The zero-order chi connectivity index (χ0) is 23.6. The van der Waals surface area contributed by atoms with Gasteiger partial charge in [-0.2, -0.15) is 0 Å². The van der Waals surface area contributed by atoms with Crippen LogP contribution in [0.4, 0.5) is 10.5 Å². The van der Waals surface area contributed by atoms with E-state index in [1.54, 1.807) is 6.92 Å². The molecule has 1 atom stereocenters. The monoisotopic (exact) mass is 439 g/mol. The van der Waals surface area contributed by atoms with Gasteiger partial charge in [-0.1, -0.05) is 20.3 Å². The first-order valence-electron chi connectivity index (χ1n) is 9.86. The first kappa shape index (κ1) is 25.7. The molecule has 0 saturated carbocycles. The Bertz CT molecular complexity index is 812. The summed E-state index contributed by atoms with van der Waals surface area (Å²) in [5.74, 6) is -1.07. The third-order valence-corrected chi connectivity index (χ3v) is 4.41. The molecule has 0 aromatic heterocycles. The Labute approximate surface area is 180 Å². The van der Waals surface area contributed by atoms with Crippen LogP contribution in [0.2, 0.25) is 0 Å². The molecular formula is C20H29N3O8. The van der Waals surface area contributed by atoms with E-state index < -0.39 is 28.7 Å². The molecule has 172 valence electrons. The molecule has 11 heteroatoms.